The molecule has 0 unspecified atom stereocenters. The second-order valence-electron chi connectivity index (χ2n) is 11.2. The summed E-state index contributed by atoms with van der Waals surface area (Å²) >= 11 is 2.97. The summed E-state index contributed by atoms with van der Waals surface area (Å²) in [6.07, 6.45) is 10.1. The number of benzene rings is 1. The maximum Gasteiger partial charge on any atom is 0.350 e. The molecule has 2 aliphatic heterocycles. The van der Waals surface area contributed by atoms with Crippen LogP contribution in [0.1, 0.15) is 75.3 Å². The molecule has 0 radical (unpaired) electrons. The Morgan fingerprint density at radius 2 is 1.19 bits per heavy atom. The van der Waals surface area contributed by atoms with Gasteiger partial charge in [0.2, 0.25) is 10.7 Å². The molecule has 4 heterocycles. The van der Waals surface area contributed by atoms with Crippen LogP contribution in [0.4, 0.5) is 10.0 Å². The van der Waals surface area contributed by atoms with E-state index in [2.05, 4.69) is 27.0 Å². The van der Waals surface area contributed by atoms with Crippen molar-refractivity contribution in [2.75, 3.05) is 0 Å². The molecular formula is C32H24N6O2S2. The van der Waals surface area contributed by atoms with Crippen LogP contribution in [0.5, 0.6) is 11.5 Å². The Bertz CT molecular complexity index is 1690. The largest absolute Gasteiger partial charge is 0.482 e. The molecular weight excluding hydrogens is 565 g/mol. The van der Waals surface area contributed by atoms with E-state index in [-0.39, 0.29) is 11.5 Å². The lowest BCUT2D eigenvalue weighted by atomic mass is 9.76. The zero-order valence-electron chi connectivity index (χ0n) is 22.7. The van der Waals surface area contributed by atoms with Crippen molar-refractivity contribution in [3.05, 3.63) is 46.8 Å². The van der Waals surface area contributed by atoms with Crippen LogP contribution in [0.3, 0.4) is 0 Å². The second-order valence-corrected chi connectivity index (χ2v) is 13.2. The third-order valence-corrected chi connectivity index (χ3v) is 10.9. The molecule has 2 aliphatic carbocycles. The number of thiophene rings is 2. The number of hydrogen-bond acceptors (Lipinski definition) is 9. The smallest absolute Gasteiger partial charge is 0.350 e. The summed E-state index contributed by atoms with van der Waals surface area (Å²) in [7, 11) is 0. The molecule has 2 saturated carbocycles. The summed E-state index contributed by atoms with van der Waals surface area (Å²) in [5.41, 5.74) is 2.91. The summed E-state index contributed by atoms with van der Waals surface area (Å²) < 4.78 is 13.9. The van der Waals surface area contributed by atoms with Crippen LogP contribution in [0, 0.1) is 40.6 Å². The van der Waals surface area contributed by atoms with Crippen molar-refractivity contribution in [1.82, 2.24) is 0 Å². The van der Waals surface area contributed by atoms with E-state index in [1.54, 1.807) is 0 Å². The van der Waals surface area contributed by atoms with Crippen molar-refractivity contribution in [3.8, 4) is 50.6 Å². The van der Waals surface area contributed by atoms with Gasteiger partial charge in [0.05, 0.1) is 0 Å². The van der Waals surface area contributed by atoms with Crippen LogP contribution in [-0.4, -0.2) is 11.5 Å². The van der Waals surface area contributed by atoms with Crippen molar-refractivity contribution in [1.29, 1.82) is 15.8 Å². The fourth-order valence-corrected chi connectivity index (χ4v) is 9.20. The monoisotopic (exact) mass is 588 g/mol. The van der Waals surface area contributed by atoms with E-state index in [0.29, 0.717) is 10.0 Å². The fraction of sp³-hybridized carbons (Fsp3) is 0.375. The predicted molar refractivity (Wildman–Crippen MR) is 161 cm³/mol. The summed E-state index contributed by atoms with van der Waals surface area (Å²) in [6.45, 7) is 7.29. The van der Waals surface area contributed by atoms with Gasteiger partial charge in [0.1, 0.15) is 45.9 Å². The van der Waals surface area contributed by atoms with Gasteiger partial charge >= 0.3 is 5.84 Å². The molecule has 0 bridgehead atoms. The molecule has 3 aromatic rings. The van der Waals surface area contributed by atoms with Crippen molar-refractivity contribution >= 4 is 44.2 Å². The van der Waals surface area contributed by atoms with Crippen molar-refractivity contribution in [2.45, 2.75) is 75.4 Å². The van der Waals surface area contributed by atoms with Crippen LogP contribution < -0.4 is 9.47 Å². The van der Waals surface area contributed by atoms with Gasteiger partial charge in [0.25, 0.3) is 0 Å². The molecule has 0 atom stereocenters. The lowest BCUT2D eigenvalue weighted by molar-refractivity contribution is 0.0203. The average Bonchev–Trinajstić information content (AvgIpc) is 3.65. The van der Waals surface area contributed by atoms with Crippen LogP contribution in [0.25, 0.3) is 25.7 Å². The summed E-state index contributed by atoms with van der Waals surface area (Å²) in [6, 6.07) is 13.8. The van der Waals surface area contributed by atoms with E-state index < -0.39 is 11.2 Å². The van der Waals surface area contributed by atoms with Crippen molar-refractivity contribution < 1.29 is 9.47 Å². The van der Waals surface area contributed by atoms with E-state index in [1.807, 2.05) is 30.3 Å². The van der Waals surface area contributed by atoms with Gasteiger partial charge in [0, 0.05) is 38.1 Å². The van der Waals surface area contributed by atoms with Crippen LogP contribution in [0.15, 0.2) is 34.3 Å². The number of fused-ring (bicyclic) bond motifs is 8. The van der Waals surface area contributed by atoms with E-state index in [4.69, 9.17) is 16.0 Å². The van der Waals surface area contributed by atoms with Crippen molar-refractivity contribution in [3.63, 3.8) is 0 Å². The minimum atomic E-state index is -0.482. The lowest BCUT2D eigenvalue weighted by Crippen LogP contribution is -2.38. The highest BCUT2D eigenvalue weighted by molar-refractivity contribution is 7.20. The van der Waals surface area contributed by atoms with Crippen molar-refractivity contribution in [2.24, 2.45) is 9.98 Å². The van der Waals surface area contributed by atoms with Crippen LogP contribution in [-0.2, 0) is 11.2 Å². The van der Waals surface area contributed by atoms with E-state index >= 15 is 0 Å². The first-order valence-corrected chi connectivity index (χ1v) is 15.8. The SMILES string of the molecule is [C-]#[N+]/C(C#N)=N/c1cc2c(s1)-c1cc3c(cc1OC21CCCCC1)-c1sc(N=C(C#N)C#N)cc1C1(CCCCC1)O3. The van der Waals surface area contributed by atoms with Gasteiger partial charge in [-0.3, -0.25) is 0 Å². The van der Waals surface area contributed by atoms with Gasteiger partial charge in [0.15, 0.2) is 0 Å². The average molecular weight is 589 g/mol. The standard InChI is InChI=1S/C32H24N6O2S2/c1-36-26(18-35)38-28-15-23-30(42-28)21-13-24-20(12-25(21)40-32(23)10-6-3-7-11-32)29-22(31(39-24)8-4-2-5-9-31)14-27(41-29)37-19(16-33)17-34/h12-15H,2-11H2/b38-26+. The fourth-order valence-electron chi connectivity index (χ4n) is 6.91. The highest BCUT2D eigenvalue weighted by Gasteiger charge is 2.47. The lowest BCUT2D eigenvalue weighted by Gasteiger charge is -2.44. The highest BCUT2D eigenvalue weighted by atomic mass is 32.1. The third-order valence-electron chi connectivity index (χ3n) is 8.78. The topological polar surface area (TPSA) is 119 Å². The molecule has 0 amide bonds. The number of amidine groups is 1. The van der Waals surface area contributed by atoms with Gasteiger partial charge in [-0.2, -0.15) is 10.5 Å². The Balaban J connectivity index is 1.42. The molecule has 0 N–H and O–H groups in total. The van der Waals surface area contributed by atoms with Crippen LogP contribution in [0.2, 0.25) is 0 Å². The van der Waals surface area contributed by atoms with Gasteiger partial charge in [-0.05, 0) is 69.6 Å². The molecule has 2 aromatic heterocycles. The quantitative estimate of drug-likeness (QED) is 0.168. The maximum absolute atomic E-state index is 9.33. The summed E-state index contributed by atoms with van der Waals surface area (Å²) in [4.78, 5) is 14.1. The number of rotatable bonds is 2. The molecule has 1 aromatic carbocycles. The number of ether oxygens (including phenoxy) is 2. The molecule has 2 spiro atoms. The first-order valence-electron chi connectivity index (χ1n) is 14.1. The normalized spacial score (nSPS) is 18.8. The molecule has 8 nitrogen and oxygen atoms in total. The minimum Gasteiger partial charge on any atom is -0.482 e. The Morgan fingerprint density at radius 1 is 0.714 bits per heavy atom. The first-order chi connectivity index (χ1) is 20.5. The number of hydrogen-bond donors (Lipinski definition) is 0. The first kappa shape index (κ1) is 26.4. The second kappa shape index (κ2) is 10.1. The zero-order valence-corrected chi connectivity index (χ0v) is 24.3. The molecule has 2 fully saturated rings. The number of nitrogens with zero attached hydrogens (tertiary/aromatic N) is 6. The Labute approximate surface area is 251 Å². The maximum atomic E-state index is 9.33. The third kappa shape index (κ3) is 4.11. The predicted octanol–water partition coefficient (Wildman–Crippen LogP) is 8.84. The molecule has 206 valence electrons. The zero-order chi connectivity index (χ0) is 28.9. The van der Waals surface area contributed by atoms with E-state index in [1.165, 1.54) is 22.7 Å². The highest BCUT2D eigenvalue weighted by Crippen LogP contribution is 2.61. The molecule has 10 heteroatoms. The number of aliphatic imine (C=N–C) groups is 2. The van der Waals surface area contributed by atoms with Gasteiger partial charge in [-0.15, -0.1) is 11.3 Å². The van der Waals surface area contributed by atoms with E-state index in [9.17, 15) is 15.8 Å². The Hall–Kier alpha value is -4.48. The van der Waals surface area contributed by atoms with Gasteiger partial charge in [-0.25, -0.2) is 10.3 Å². The Morgan fingerprint density at radius 3 is 1.62 bits per heavy atom. The summed E-state index contributed by atoms with van der Waals surface area (Å²) in [5, 5.41) is 29.2. The molecule has 7 rings (SSSR count). The van der Waals surface area contributed by atoms with Gasteiger partial charge < -0.3 is 14.3 Å². The molecule has 0 saturated heterocycles. The van der Waals surface area contributed by atoms with E-state index in [0.717, 1.165) is 108 Å². The number of nitriles is 3. The minimum absolute atomic E-state index is 0.165. The summed E-state index contributed by atoms with van der Waals surface area (Å²) in [5.74, 6) is 1.39. The van der Waals surface area contributed by atoms with Crippen LogP contribution >= 0.6 is 22.7 Å². The Kier molecular flexibility index (Phi) is 6.36. The molecule has 42 heavy (non-hydrogen) atoms. The van der Waals surface area contributed by atoms with Gasteiger partial charge in [-0.1, -0.05) is 35.7 Å². The molecule has 4 aliphatic rings.